The zero-order chi connectivity index (χ0) is 16.3. The predicted octanol–water partition coefficient (Wildman–Crippen LogP) is 1.24. The maximum atomic E-state index is 12.2. The summed E-state index contributed by atoms with van der Waals surface area (Å²) in [6.07, 6.45) is -1.61. The van der Waals surface area contributed by atoms with Crippen molar-refractivity contribution in [2.24, 2.45) is 5.73 Å². The van der Waals surface area contributed by atoms with Crippen LogP contribution in [0, 0.1) is 0 Å². The van der Waals surface area contributed by atoms with Gasteiger partial charge in [0.05, 0.1) is 6.20 Å². The number of alkyl halides is 3. The van der Waals surface area contributed by atoms with Gasteiger partial charge in [0.15, 0.2) is 0 Å². The summed E-state index contributed by atoms with van der Waals surface area (Å²) in [4.78, 5) is -0.318. The van der Waals surface area contributed by atoms with E-state index < -0.39 is 28.3 Å². The van der Waals surface area contributed by atoms with Crippen molar-refractivity contribution in [3.8, 4) is 0 Å². The van der Waals surface area contributed by atoms with Crippen molar-refractivity contribution in [3.05, 3.63) is 12.4 Å². The second kappa shape index (κ2) is 6.32. The number of sulfonamides is 1. The van der Waals surface area contributed by atoms with E-state index in [1.807, 2.05) is 13.8 Å². The molecular weight excluding hydrogens is 309 g/mol. The molecule has 0 saturated carbocycles. The summed E-state index contributed by atoms with van der Waals surface area (Å²) >= 11 is 0. The molecule has 1 aromatic heterocycles. The van der Waals surface area contributed by atoms with Crippen LogP contribution >= 0.6 is 0 Å². The number of hydrogen-bond acceptors (Lipinski definition) is 4. The summed E-state index contributed by atoms with van der Waals surface area (Å²) in [5.41, 5.74) is 5.29. The van der Waals surface area contributed by atoms with Crippen LogP contribution in [0.4, 0.5) is 13.2 Å². The number of rotatable bonds is 7. The van der Waals surface area contributed by atoms with Crippen molar-refractivity contribution < 1.29 is 21.6 Å². The Hall–Kier alpha value is -1.13. The lowest BCUT2D eigenvalue weighted by molar-refractivity contribution is -0.142. The van der Waals surface area contributed by atoms with Gasteiger partial charge in [0.2, 0.25) is 10.0 Å². The fourth-order valence-corrected chi connectivity index (χ4v) is 2.67. The molecule has 0 radical (unpaired) electrons. The van der Waals surface area contributed by atoms with E-state index in [2.05, 4.69) is 9.82 Å². The summed E-state index contributed by atoms with van der Waals surface area (Å²) < 4.78 is 63.4. The second-order valence-electron chi connectivity index (χ2n) is 4.88. The number of nitrogens with two attached hydrogens (primary N) is 1. The summed E-state index contributed by atoms with van der Waals surface area (Å²) in [5, 5.41) is 3.40. The predicted molar refractivity (Wildman–Crippen MR) is 71.0 cm³/mol. The van der Waals surface area contributed by atoms with Crippen LogP contribution in [-0.2, 0) is 16.6 Å². The fraction of sp³-hybridized carbons (Fsp3) is 0.727. The molecule has 0 bridgehead atoms. The van der Waals surface area contributed by atoms with E-state index in [0.29, 0.717) is 17.5 Å². The van der Waals surface area contributed by atoms with Crippen LogP contribution in [0.3, 0.4) is 0 Å². The molecule has 0 saturated heterocycles. The highest BCUT2D eigenvalue weighted by molar-refractivity contribution is 7.89. The average Bonchev–Trinajstić information content (AvgIpc) is 2.83. The Balaban J connectivity index is 2.80. The van der Waals surface area contributed by atoms with Gasteiger partial charge in [-0.25, -0.2) is 13.1 Å². The largest absolute Gasteiger partial charge is 0.408 e. The Labute approximate surface area is 121 Å². The number of hydrogen-bond donors (Lipinski definition) is 2. The normalized spacial score (nSPS) is 13.6. The quantitative estimate of drug-likeness (QED) is 0.788. The molecule has 3 N–H and O–H groups in total. The molecule has 0 unspecified atom stereocenters. The second-order valence-corrected chi connectivity index (χ2v) is 6.65. The lowest BCUT2D eigenvalue weighted by atomic mass is 9.95. The summed E-state index contributed by atoms with van der Waals surface area (Å²) in [6.45, 7) is 2.33. The SMILES string of the molecule is CCC(N)(CC)CNS(=O)(=O)c1cnn(CC(F)(F)F)c1. The van der Waals surface area contributed by atoms with Crippen LogP contribution in [0.1, 0.15) is 26.7 Å². The van der Waals surface area contributed by atoms with E-state index in [9.17, 15) is 21.6 Å². The van der Waals surface area contributed by atoms with E-state index in [0.717, 1.165) is 12.4 Å². The molecular formula is C11H19F3N4O2S. The molecule has 0 aliphatic heterocycles. The first-order chi connectivity index (χ1) is 9.51. The van der Waals surface area contributed by atoms with Crippen molar-refractivity contribution in [1.82, 2.24) is 14.5 Å². The number of halogens is 3. The summed E-state index contributed by atoms with van der Waals surface area (Å²) in [5.74, 6) is 0. The first-order valence-corrected chi connectivity index (χ1v) is 7.87. The monoisotopic (exact) mass is 328 g/mol. The van der Waals surface area contributed by atoms with Gasteiger partial charge < -0.3 is 5.73 Å². The van der Waals surface area contributed by atoms with Crippen molar-refractivity contribution in [1.29, 1.82) is 0 Å². The Bertz CT molecular complexity index is 564. The molecule has 0 atom stereocenters. The van der Waals surface area contributed by atoms with Gasteiger partial charge in [-0.05, 0) is 12.8 Å². The van der Waals surface area contributed by atoms with Crippen LogP contribution in [0.5, 0.6) is 0 Å². The third-order valence-electron chi connectivity index (χ3n) is 3.28. The van der Waals surface area contributed by atoms with Crippen molar-refractivity contribution >= 4 is 10.0 Å². The number of nitrogens with zero attached hydrogens (tertiary/aromatic N) is 2. The summed E-state index contributed by atoms with van der Waals surface area (Å²) in [6, 6.07) is 0. The van der Waals surface area contributed by atoms with Gasteiger partial charge in [-0.3, -0.25) is 4.68 Å². The molecule has 0 aliphatic carbocycles. The first kappa shape index (κ1) is 17.9. The third kappa shape index (κ3) is 5.29. The average molecular weight is 328 g/mol. The van der Waals surface area contributed by atoms with Gasteiger partial charge in [-0.2, -0.15) is 18.3 Å². The molecule has 0 amide bonds. The van der Waals surface area contributed by atoms with Crippen LogP contribution in [0.15, 0.2) is 17.3 Å². The molecule has 10 heteroatoms. The zero-order valence-electron chi connectivity index (χ0n) is 11.8. The smallest absolute Gasteiger partial charge is 0.324 e. The van der Waals surface area contributed by atoms with Crippen LogP contribution in [0.25, 0.3) is 0 Å². The van der Waals surface area contributed by atoms with E-state index in [1.54, 1.807) is 0 Å². The molecule has 0 spiro atoms. The van der Waals surface area contributed by atoms with E-state index in [-0.39, 0.29) is 11.4 Å². The van der Waals surface area contributed by atoms with Gasteiger partial charge in [0.25, 0.3) is 0 Å². The molecule has 0 fully saturated rings. The van der Waals surface area contributed by atoms with E-state index in [1.165, 1.54) is 0 Å². The first-order valence-electron chi connectivity index (χ1n) is 6.39. The third-order valence-corrected chi connectivity index (χ3v) is 4.64. The molecule has 0 aliphatic rings. The molecule has 1 aromatic rings. The van der Waals surface area contributed by atoms with E-state index in [4.69, 9.17) is 5.73 Å². The number of nitrogens with one attached hydrogen (secondary N) is 1. The van der Waals surface area contributed by atoms with Crippen molar-refractivity contribution in [2.75, 3.05) is 6.54 Å². The van der Waals surface area contributed by atoms with Gasteiger partial charge in [-0.1, -0.05) is 13.8 Å². The minimum Gasteiger partial charge on any atom is -0.324 e. The Morgan fingerprint density at radius 1 is 1.33 bits per heavy atom. The van der Waals surface area contributed by atoms with Crippen LogP contribution < -0.4 is 10.5 Å². The molecule has 0 aromatic carbocycles. The topological polar surface area (TPSA) is 90.0 Å². The lowest BCUT2D eigenvalue weighted by Gasteiger charge is -2.26. The molecule has 21 heavy (non-hydrogen) atoms. The lowest BCUT2D eigenvalue weighted by Crippen LogP contribution is -2.49. The maximum Gasteiger partial charge on any atom is 0.408 e. The minimum atomic E-state index is -4.46. The minimum absolute atomic E-state index is 0.00673. The Morgan fingerprint density at radius 2 is 1.90 bits per heavy atom. The van der Waals surface area contributed by atoms with Gasteiger partial charge in [0, 0.05) is 18.3 Å². The highest BCUT2D eigenvalue weighted by atomic mass is 32.2. The molecule has 122 valence electrons. The van der Waals surface area contributed by atoms with Gasteiger partial charge in [0.1, 0.15) is 11.4 Å². The zero-order valence-corrected chi connectivity index (χ0v) is 12.6. The maximum absolute atomic E-state index is 12.2. The molecule has 1 heterocycles. The Kier molecular flexibility index (Phi) is 5.40. The van der Waals surface area contributed by atoms with E-state index >= 15 is 0 Å². The highest BCUT2D eigenvalue weighted by Crippen LogP contribution is 2.18. The molecule has 6 nitrogen and oxygen atoms in total. The standard InChI is InChI=1S/C11H19F3N4O2S/c1-3-10(15,4-2)7-17-21(19,20)9-5-16-18(6-9)8-11(12,13)14/h5-6,17H,3-4,7-8,15H2,1-2H3. The van der Waals surface area contributed by atoms with Gasteiger partial charge >= 0.3 is 6.18 Å². The van der Waals surface area contributed by atoms with Crippen molar-refractivity contribution in [3.63, 3.8) is 0 Å². The van der Waals surface area contributed by atoms with Crippen molar-refractivity contribution in [2.45, 2.75) is 49.8 Å². The number of aromatic nitrogens is 2. The fourth-order valence-electron chi connectivity index (χ4n) is 1.58. The van der Waals surface area contributed by atoms with Crippen LogP contribution in [0.2, 0.25) is 0 Å². The highest BCUT2D eigenvalue weighted by Gasteiger charge is 2.30. The molecule has 1 rings (SSSR count). The van der Waals surface area contributed by atoms with Crippen LogP contribution in [-0.4, -0.2) is 36.5 Å². The summed E-state index contributed by atoms with van der Waals surface area (Å²) in [7, 11) is -3.93. The van der Waals surface area contributed by atoms with Gasteiger partial charge in [-0.15, -0.1) is 0 Å². The Morgan fingerprint density at radius 3 is 2.38 bits per heavy atom.